The molecule has 2 aromatic rings. The average Bonchev–Trinajstić information content (AvgIpc) is 2.50. The van der Waals surface area contributed by atoms with Gasteiger partial charge in [-0.2, -0.15) is 0 Å². The predicted molar refractivity (Wildman–Crippen MR) is 93.3 cm³/mol. The lowest BCUT2D eigenvalue weighted by atomic mass is 10.0. The van der Waals surface area contributed by atoms with Crippen LogP contribution < -0.4 is 11.1 Å². The van der Waals surface area contributed by atoms with Crippen molar-refractivity contribution < 1.29 is 4.79 Å². The summed E-state index contributed by atoms with van der Waals surface area (Å²) < 4.78 is 0. The smallest absolute Gasteiger partial charge is 0.237 e. The van der Waals surface area contributed by atoms with E-state index in [1.807, 2.05) is 42.5 Å². The summed E-state index contributed by atoms with van der Waals surface area (Å²) in [4.78, 5) is 12.0. The van der Waals surface area contributed by atoms with Crippen LogP contribution >= 0.6 is 12.4 Å². The summed E-state index contributed by atoms with van der Waals surface area (Å²) in [6.07, 6.45) is 1.40. The van der Waals surface area contributed by atoms with Gasteiger partial charge in [0.1, 0.15) is 0 Å². The molecule has 1 atom stereocenters. The molecular weight excluding hydrogens is 296 g/mol. The van der Waals surface area contributed by atoms with E-state index < -0.39 is 6.04 Å². The Hall–Kier alpha value is -1.84. The highest BCUT2D eigenvalue weighted by atomic mass is 35.5. The van der Waals surface area contributed by atoms with Gasteiger partial charge in [-0.3, -0.25) is 4.79 Å². The van der Waals surface area contributed by atoms with Crippen molar-refractivity contribution in [2.75, 3.05) is 6.54 Å². The van der Waals surface area contributed by atoms with Gasteiger partial charge in [0.2, 0.25) is 5.91 Å². The van der Waals surface area contributed by atoms with E-state index in [1.165, 1.54) is 11.1 Å². The number of halogens is 1. The van der Waals surface area contributed by atoms with E-state index in [-0.39, 0.29) is 18.3 Å². The van der Waals surface area contributed by atoms with E-state index in [9.17, 15) is 4.79 Å². The molecule has 118 valence electrons. The van der Waals surface area contributed by atoms with Crippen molar-refractivity contribution in [3.8, 4) is 0 Å². The van der Waals surface area contributed by atoms with Gasteiger partial charge in [0.05, 0.1) is 6.04 Å². The lowest BCUT2D eigenvalue weighted by molar-refractivity contribution is -0.122. The fourth-order valence-corrected chi connectivity index (χ4v) is 2.30. The number of hydrogen-bond acceptors (Lipinski definition) is 2. The normalized spacial score (nSPS) is 11.4. The van der Waals surface area contributed by atoms with Gasteiger partial charge in [-0.25, -0.2) is 0 Å². The molecule has 0 aromatic heterocycles. The maximum absolute atomic E-state index is 12.0. The monoisotopic (exact) mass is 318 g/mol. The Balaban J connectivity index is 0.00000242. The predicted octanol–water partition coefficient (Wildman–Crippen LogP) is 2.65. The molecule has 2 rings (SSSR count). The van der Waals surface area contributed by atoms with Gasteiger partial charge in [0, 0.05) is 6.54 Å². The second-order valence-corrected chi connectivity index (χ2v) is 5.26. The molecule has 3 N–H and O–H groups in total. The molecule has 22 heavy (non-hydrogen) atoms. The summed E-state index contributed by atoms with van der Waals surface area (Å²) in [7, 11) is 0. The van der Waals surface area contributed by atoms with Crippen LogP contribution in [0.15, 0.2) is 54.6 Å². The summed E-state index contributed by atoms with van der Waals surface area (Å²) in [5.41, 5.74) is 9.54. The quantitative estimate of drug-likeness (QED) is 0.860. The summed E-state index contributed by atoms with van der Waals surface area (Å²) in [5, 5.41) is 2.91. The number of hydrogen-bond donors (Lipinski definition) is 2. The van der Waals surface area contributed by atoms with Crippen LogP contribution in [-0.2, 0) is 17.6 Å². The first-order valence-electron chi connectivity index (χ1n) is 7.28. The highest BCUT2D eigenvalue weighted by Crippen LogP contribution is 2.07. The molecule has 0 aliphatic heterocycles. The second kappa shape index (κ2) is 9.23. The Morgan fingerprint density at radius 1 is 1.09 bits per heavy atom. The van der Waals surface area contributed by atoms with Crippen molar-refractivity contribution in [3.05, 3.63) is 71.3 Å². The SMILES string of the molecule is Cc1ccccc1CCNC(=O)[C@@H](N)Cc1ccccc1.Cl. The van der Waals surface area contributed by atoms with E-state index >= 15 is 0 Å². The zero-order chi connectivity index (χ0) is 15.1. The van der Waals surface area contributed by atoms with Gasteiger partial charge in [0.25, 0.3) is 0 Å². The van der Waals surface area contributed by atoms with Crippen LogP contribution in [0, 0.1) is 6.92 Å². The molecule has 0 bridgehead atoms. The first kappa shape index (κ1) is 18.2. The Morgan fingerprint density at radius 2 is 1.73 bits per heavy atom. The van der Waals surface area contributed by atoms with Crippen molar-refractivity contribution in [2.24, 2.45) is 5.73 Å². The minimum absolute atomic E-state index is 0. The standard InChI is InChI=1S/C18H22N2O.ClH/c1-14-7-5-6-10-16(14)11-12-20-18(21)17(19)13-15-8-3-2-4-9-15;/h2-10,17H,11-13,19H2,1H3,(H,20,21);1H/t17-;/m0./s1. The Kier molecular flexibility index (Phi) is 7.64. The molecule has 1 amide bonds. The van der Waals surface area contributed by atoms with Crippen molar-refractivity contribution >= 4 is 18.3 Å². The van der Waals surface area contributed by atoms with Crippen LogP contribution in [0.4, 0.5) is 0 Å². The largest absolute Gasteiger partial charge is 0.354 e. The topological polar surface area (TPSA) is 55.1 Å². The lowest BCUT2D eigenvalue weighted by Gasteiger charge is -2.13. The summed E-state index contributed by atoms with van der Waals surface area (Å²) in [5.74, 6) is -0.0903. The molecule has 0 aliphatic rings. The first-order valence-corrected chi connectivity index (χ1v) is 7.28. The van der Waals surface area contributed by atoms with E-state index in [4.69, 9.17) is 5.73 Å². The number of aryl methyl sites for hydroxylation is 1. The zero-order valence-electron chi connectivity index (χ0n) is 12.8. The molecule has 0 aliphatic carbocycles. The lowest BCUT2D eigenvalue weighted by Crippen LogP contribution is -2.42. The van der Waals surface area contributed by atoms with Crippen molar-refractivity contribution in [2.45, 2.75) is 25.8 Å². The number of carbonyl (C=O) groups is 1. The van der Waals surface area contributed by atoms with E-state index in [0.717, 1.165) is 12.0 Å². The molecule has 4 heteroatoms. The summed E-state index contributed by atoms with van der Waals surface area (Å²) >= 11 is 0. The number of nitrogens with two attached hydrogens (primary N) is 1. The first-order chi connectivity index (χ1) is 10.2. The minimum Gasteiger partial charge on any atom is -0.354 e. The molecule has 0 saturated carbocycles. The molecular formula is C18H23ClN2O. The Labute approximate surface area is 138 Å². The number of amides is 1. The minimum atomic E-state index is -0.496. The van der Waals surface area contributed by atoms with Crippen LogP contribution in [0.1, 0.15) is 16.7 Å². The van der Waals surface area contributed by atoms with Crippen LogP contribution in [0.25, 0.3) is 0 Å². The molecule has 0 spiro atoms. The molecule has 0 fully saturated rings. The van der Waals surface area contributed by atoms with Crippen molar-refractivity contribution in [3.63, 3.8) is 0 Å². The summed E-state index contributed by atoms with van der Waals surface area (Å²) in [6.45, 7) is 2.70. The van der Waals surface area contributed by atoms with Gasteiger partial charge in [0.15, 0.2) is 0 Å². The van der Waals surface area contributed by atoms with E-state index in [1.54, 1.807) is 0 Å². The highest BCUT2D eigenvalue weighted by Gasteiger charge is 2.13. The maximum atomic E-state index is 12.0. The zero-order valence-corrected chi connectivity index (χ0v) is 13.6. The third-order valence-corrected chi connectivity index (χ3v) is 3.59. The van der Waals surface area contributed by atoms with Gasteiger partial charge in [-0.1, -0.05) is 54.6 Å². The molecule has 0 unspecified atom stereocenters. The van der Waals surface area contributed by atoms with Crippen LogP contribution in [0.5, 0.6) is 0 Å². The Morgan fingerprint density at radius 3 is 2.41 bits per heavy atom. The molecule has 0 heterocycles. The molecule has 0 saturated heterocycles. The average molecular weight is 319 g/mol. The van der Waals surface area contributed by atoms with Crippen LogP contribution in [-0.4, -0.2) is 18.5 Å². The van der Waals surface area contributed by atoms with Crippen molar-refractivity contribution in [1.29, 1.82) is 0 Å². The van der Waals surface area contributed by atoms with Gasteiger partial charge in [-0.05, 0) is 36.5 Å². The number of rotatable bonds is 6. The van der Waals surface area contributed by atoms with Crippen LogP contribution in [0.3, 0.4) is 0 Å². The number of benzene rings is 2. The van der Waals surface area contributed by atoms with E-state index in [2.05, 4.69) is 24.4 Å². The summed E-state index contributed by atoms with van der Waals surface area (Å²) in [6, 6.07) is 17.6. The maximum Gasteiger partial charge on any atom is 0.237 e. The van der Waals surface area contributed by atoms with Gasteiger partial charge >= 0.3 is 0 Å². The Bertz CT molecular complexity index is 587. The van der Waals surface area contributed by atoms with Crippen LogP contribution in [0.2, 0.25) is 0 Å². The molecule has 2 aromatic carbocycles. The number of nitrogens with one attached hydrogen (secondary N) is 1. The third-order valence-electron chi connectivity index (χ3n) is 3.59. The highest BCUT2D eigenvalue weighted by molar-refractivity contribution is 5.85. The van der Waals surface area contributed by atoms with Gasteiger partial charge < -0.3 is 11.1 Å². The fourth-order valence-electron chi connectivity index (χ4n) is 2.30. The van der Waals surface area contributed by atoms with E-state index in [0.29, 0.717) is 13.0 Å². The third kappa shape index (κ3) is 5.51. The number of carbonyl (C=O) groups excluding carboxylic acids is 1. The molecule has 0 radical (unpaired) electrons. The van der Waals surface area contributed by atoms with Gasteiger partial charge in [-0.15, -0.1) is 12.4 Å². The second-order valence-electron chi connectivity index (χ2n) is 5.26. The van der Waals surface area contributed by atoms with Crippen molar-refractivity contribution in [1.82, 2.24) is 5.32 Å². The fraction of sp³-hybridized carbons (Fsp3) is 0.278. The molecule has 3 nitrogen and oxygen atoms in total.